The van der Waals surface area contributed by atoms with Gasteiger partial charge in [-0.3, -0.25) is 4.98 Å². The molecule has 0 atom stereocenters. The third kappa shape index (κ3) is 2.56. The highest BCUT2D eigenvalue weighted by Crippen LogP contribution is 2.18. The molecule has 0 N–H and O–H groups in total. The summed E-state index contributed by atoms with van der Waals surface area (Å²) in [4.78, 5) is 8.16. The molecule has 6 heteroatoms. The first-order chi connectivity index (χ1) is 8.03. The second-order valence-corrected chi connectivity index (χ2v) is 6.15. The summed E-state index contributed by atoms with van der Waals surface area (Å²) in [7, 11) is -3.32. The monoisotopic (exact) mass is 270 g/mol. The number of halogens is 1. The third-order valence-corrected chi connectivity index (χ3v) is 4.29. The van der Waals surface area contributed by atoms with Gasteiger partial charge in [-0.25, -0.2) is 13.4 Å². The first kappa shape index (κ1) is 12.3. The summed E-state index contributed by atoms with van der Waals surface area (Å²) < 4.78 is 23.6. The van der Waals surface area contributed by atoms with Crippen molar-refractivity contribution < 1.29 is 8.42 Å². The molecular weight excluding hydrogens is 260 g/mol. The molecule has 0 aliphatic carbocycles. The van der Waals surface area contributed by atoms with Crippen LogP contribution in [-0.2, 0) is 9.84 Å². The number of hydrogen-bond donors (Lipinski definition) is 0. The zero-order valence-corrected chi connectivity index (χ0v) is 10.8. The Morgan fingerprint density at radius 1 is 1.29 bits per heavy atom. The molecule has 0 amide bonds. The smallest absolute Gasteiger partial charge is 0.197 e. The van der Waals surface area contributed by atoms with Crippen molar-refractivity contribution in [2.45, 2.75) is 18.4 Å². The Bertz CT molecular complexity index is 656. The number of aromatic nitrogens is 2. The fraction of sp³-hybridized carbons (Fsp3) is 0.273. The van der Waals surface area contributed by atoms with Crippen molar-refractivity contribution in [2.75, 3.05) is 5.75 Å². The summed E-state index contributed by atoms with van der Waals surface area (Å²) in [5.74, 6) is 0.0841. The Labute approximate surface area is 105 Å². The third-order valence-electron chi connectivity index (χ3n) is 2.27. The lowest BCUT2D eigenvalue weighted by Gasteiger charge is -2.03. The van der Waals surface area contributed by atoms with Gasteiger partial charge in [0.05, 0.1) is 23.0 Å². The Balaban J connectivity index is 2.56. The minimum Gasteiger partial charge on any atom is -0.252 e. The maximum atomic E-state index is 11.8. The van der Waals surface area contributed by atoms with Crippen molar-refractivity contribution in [1.82, 2.24) is 9.97 Å². The Kier molecular flexibility index (Phi) is 3.31. The summed E-state index contributed by atoms with van der Waals surface area (Å²) in [6.07, 6.45) is 1.84. The number of fused-ring (bicyclic) bond motifs is 1. The van der Waals surface area contributed by atoms with Crippen LogP contribution in [0.25, 0.3) is 11.0 Å². The van der Waals surface area contributed by atoms with Crippen LogP contribution in [0.15, 0.2) is 29.4 Å². The molecule has 0 aliphatic heterocycles. The molecule has 4 nitrogen and oxygen atoms in total. The average molecular weight is 271 g/mol. The van der Waals surface area contributed by atoms with Crippen molar-refractivity contribution in [2.24, 2.45) is 0 Å². The van der Waals surface area contributed by atoms with Gasteiger partial charge in [-0.05, 0) is 24.6 Å². The Hall–Kier alpha value is -1.20. The second kappa shape index (κ2) is 4.58. The van der Waals surface area contributed by atoms with E-state index in [9.17, 15) is 8.42 Å². The molecule has 0 unspecified atom stereocenters. The Morgan fingerprint density at radius 2 is 2.06 bits per heavy atom. The van der Waals surface area contributed by atoms with Crippen LogP contribution in [0.2, 0.25) is 5.02 Å². The molecular formula is C11H11ClN2O2S. The van der Waals surface area contributed by atoms with E-state index in [2.05, 4.69) is 9.97 Å². The van der Waals surface area contributed by atoms with Gasteiger partial charge >= 0.3 is 0 Å². The number of nitrogens with zero attached hydrogens (tertiary/aromatic N) is 2. The van der Waals surface area contributed by atoms with E-state index in [1.54, 1.807) is 18.2 Å². The maximum absolute atomic E-state index is 11.8. The fourth-order valence-electron chi connectivity index (χ4n) is 1.49. The average Bonchev–Trinajstić information content (AvgIpc) is 2.28. The van der Waals surface area contributed by atoms with Gasteiger partial charge in [0.15, 0.2) is 14.9 Å². The van der Waals surface area contributed by atoms with Gasteiger partial charge in [0.25, 0.3) is 0 Å². The highest BCUT2D eigenvalue weighted by molar-refractivity contribution is 7.91. The van der Waals surface area contributed by atoms with Gasteiger partial charge in [-0.15, -0.1) is 0 Å². The van der Waals surface area contributed by atoms with Crippen molar-refractivity contribution >= 4 is 32.5 Å². The fourth-order valence-corrected chi connectivity index (χ4v) is 2.85. The largest absolute Gasteiger partial charge is 0.252 e. The number of hydrogen-bond acceptors (Lipinski definition) is 4. The molecule has 0 spiro atoms. The predicted molar refractivity (Wildman–Crippen MR) is 66.9 cm³/mol. The van der Waals surface area contributed by atoms with E-state index in [0.29, 0.717) is 22.5 Å². The molecule has 17 heavy (non-hydrogen) atoms. The summed E-state index contributed by atoms with van der Waals surface area (Å²) in [5.41, 5.74) is 1.12. The van der Waals surface area contributed by atoms with Crippen molar-refractivity contribution in [3.8, 4) is 0 Å². The van der Waals surface area contributed by atoms with E-state index in [1.165, 1.54) is 6.20 Å². The molecule has 2 aromatic rings. The summed E-state index contributed by atoms with van der Waals surface area (Å²) >= 11 is 5.81. The number of sulfone groups is 1. The first-order valence-electron chi connectivity index (χ1n) is 5.18. The molecule has 0 aliphatic rings. The predicted octanol–water partition coefficient (Wildman–Crippen LogP) is 2.47. The van der Waals surface area contributed by atoms with E-state index in [-0.39, 0.29) is 10.8 Å². The van der Waals surface area contributed by atoms with Gasteiger partial charge < -0.3 is 0 Å². The van der Waals surface area contributed by atoms with E-state index < -0.39 is 9.84 Å². The van der Waals surface area contributed by atoms with Crippen LogP contribution in [0.5, 0.6) is 0 Å². The minimum absolute atomic E-state index is 0.0224. The quantitative estimate of drug-likeness (QED) is 0.860. The highest BCUT2D eigenvalue weighted by atomic mass is 35.5. The van der Waals surface area contributed by atoms with Crippen LogP contribution in [0.3, 0.4) is 0 Å². The van der Waals surface area contributed by atoms with Crippen molar-refractivity contribution in [3.63, 3.8) is 0 Å². The molecule has 0 saturated heterocycles. The van der Waals surface area contributed by atoms with Crippen LogP contribution in [-0.4, -0.2) is 24.1 Å². The summed E-state index contributed by atoms with van der Waals surface area (Å²) in [6.45, 7) is 1.81. The zero-order valence-electron chi connectivity index (χ0n) is 9.22. The summed E-state index contributed by atoms with van der Waals surface area (Å²) in [5, 5.41) is 0.574. The Morgan fingerprint density at radius 3 is 2.76 bits per heavy atom. The molecule has 0 radical (unpaired) electrons. The van der Waals surface area contributed by atoms with E-state index >= 15 is 0 Å². The number of benzene rings is 1. The molecule has 0 saturated carbocycles. The maximum Gasteiger partial charge on any atom is 0.197 e. The normalized spacial score (nSPS) is 11.9. The SMILES string of the molecule is CCCS(=O)(=O)c1cnc2cc(Cl)ccc2n1. The van der Waals surface area contributed by atoms with Crippen LogP contribution in [0.1, 0.15) is 13.3 Å². The molecule has 0 bridgehead atoms. The van der Waals surface area contributed by atoms with Gasteiger partial charge in [0.2, 0.25) is 0 Å². The van der Waals surface area contributed by atoms with Crippen LogP contribution in [0, 0.1) is 0 Å². The minimum atomic E-state index is -3.32. The molecule has 1 heterocycles. The van der Waals surface area contributed by atoms with Crippen molar-refractivity contribution in [1.29, 1.82) is 0 Å². The first-order valence-corrected chi connectivity index (χ1v) is 7.21. The van der Waals surface area contributed by atoms with Gasteiger partial charge in [0.1, 0.15) is 0 Å². The second-order valence-electron chi connectivity index (χ2n) is 3.66. The van der Waals surface area contributed by atoms with Gasteiger partial charge in [-0.2, -0.15) is 0 Å². The molecule has 2 rings (SSSR count). The lowest BCUT2D eigenvalue weighted by molar-refractivity contribution is 0.591. The molecule has 1 aromatic carbocycles. The standard InChI is InChI=1S/C11H11ClN2O2S/c1-2-5-17(15,16)11-7-13-10-6-8(12)3-4-9(10)14-11/h3-4,6-7H,2,5H2,1H3. The molecule has 0 fully saturated rings. The molecule has 90 valence electrons. The van der Waals surface area contributed by atoms with E-state index in [4.69, 9.17) is 11.6 Å². The van der Waals surface area contributed by atoms with E-state index in [1.807, 2.05) is 6.92 Å². The molecule has 1 aromatic heterocycles. The number of rotatable bonds is 3. The van der Waals surface area contributed by atoms with Crippen LogP contribution < -0.4 is 0 Å². The topological polar surface area (TPSA) is 59.9 Å². The lowest BCUT2D eigenvalue weighted by atomic mass is 10.3. The van der Waals surface area contributed by atoms with Crippen molar-refractivity contribution in [3.05, 3.63) is 29.4 Å². The zero-order chi connectivity index (χ0) is 12.5. The van der Waals surface area contributed by atoms with Crippen LogP contribution >= 0.6 is 11.6 Å². The highest BCUT2D eigenvalue weighted by Gasteiger charge is 2.15. The van der Waals surface area contributed by atoms with E-state index in [0.717, 1.165) is 0 Å². The van der Waals surface area contributed by atoms with Crippen LogP contribution in [0.4, 0.5) is 0 Å². The lowest BCUT2D eigenvalue weighted by Crippen LogP contribution is -2.08. The summed E-state index contributed by atoms with van der Waals surface area (Å²) in [6, 6.07) is 4.98. The van der Waals surface area contributed by atoms with Gasteiger partial charge in [0, 0.05) is 5.02 Å². The van der Waals surface area contributed by atoms with Gasteiger partial charge in [-0.1, -0.05) is 18.5 Å².